The summed E-state index contributed by atoms with van der Waals surface area (Å²) in [7, 11) is -3.81. The number of halogens is 1. The highest BCUT2D eigenvalue weighted by Crippen LogP contribution is 2.21. The Hall–Kier alpha value is -2.39. The number of hydrogen-bond acceptors (Lipinski definition) is 3. The third-order valence-corrected chi connectivity index (χ3v) is 4.17. The van der Waals surface area contributed by atoms with Crippen molar-refractivity contribution in [1.82, 2.24) is 0 Å². The number of rotatable bonds is 4. The molecule has 0 atom stereocenters. The molecule has 0 saturated carbocycles. The van der Waals surface area contributed by atoms with Crippen LogP contribution < -0.4 is 4.72 Å². The number of sulfonamides is 1. The molecular formula is C15H13FN2O2S. The molecule has 0 aliphatic carbocycles. The number of nitriles is 1. The van der Waals surface area contributed by atoms with Crippen molar-refractivity contribution in [2.24, 2.45) is 0 Å². The lowest BCUT2D eigenvalue weighted by Gasteiger charge is -2.12. The van der Waals surface area contributed by atoms with Crippen molar-refractivity contribution < 1.29 is 12.8 Å². The van der Waals surface area contributed by atoms with Crippen LogP contribution in [0.15, 0.2) is 42.5 Å². The van der Waals surface area contributed by atoms with E-state index >= 15 is 0 Å². The topological polar surface area (TPSA) is 70.0 Å². The van der Waals surface area contributed by atoms with E-state index < -0.39 is 15.8 Å². The fraction of sp³-hybridized carbons (Fsp3) is 0.133. The van der Waals surface area contributed by atoms with Crippen LogP contribution >= 0.6 is 0 Å². The van der Waals surface area contributed by atoms with E-state index in [9.17, 15) is 12.8 Å². The van der Waals surface area contributed by atoms with Gasteiger partial charge in [-0.15, -0.1) is 0 Å². The van der Waals surface area contributed by atoms with E-state index in [0.717, 1.165) is 0 Å². The Balaban J connectivity index is 2.30. The van der Waals surface area contributed by atoms with Crippen molar-refractivity contribution in [3.63, 3.8) is 0 Å². The number of nitrogens with zero attached hydrogens (tertiary/aromatic N) is 1. The molecule has 0 aliphatic heterocycles. The molecule has 1 N–H and O–H groups in total. The lowest BCUT2D eigenvalue weighted by atomic mass is 10.1. The van der Waals surface area contributed by atoms with Crippen LogP contribution in [0.3, 0.4) is 0 Å². The Labute approximate surface area is 122 Å². The maximum absolute atomic E-state index is 13.7. The normalized spacial score (nSPS) is 10.9. The summed E-state index contributed by atoms with van der Waals surface area (Å²) in [6.07, 6.45) is 0. The molecule has 21 heavy (non-hydrogen) atoms. The average molecular weight is 304 g/mol. The number of hydrogen-bond donors (Lipinski definition) is 1. The minimum absolute atomic E-state index is 0.0630. The van der Waals surface area contributed by atoms with E-state index in [1.54, 1.807) is 37.3 Å². The number of nitrogens with one attached hydrogen (secondary N) is 1. The highest BCUT2D eigenvalue weighted by molar-refractivity contribution is 7.91. The predicted octanol–water partition coefficient (Wildman–Crippen LogP) is 2.95. The van der Waals surface area contributed by atoms with Crippen LogP contribution in [-0.2, 0) is 15.8 Å². The van der Waals surface area contributed by atoms with Crippen molar-refractivity contribution >= 4 is 15.7 Å². The van der Waals surface area contributed by atoms with Gasteiger partial charge >= 0.3 is 0 Å². The second-order valence-electron chi connectivity index (χ2n) is 4.56. The van der Waals surface area contributed by atoms with Crippen LogP contribution in [0.1, 0.15) is 16.7 Å². The molecule has 2 aromatic rings. The molecule has 4 nitrogen and oxygen atoms in total. The van der Waals surface area contributed by atoms with E-state index in [4.69, 9.17) is 5.26 Å². The molecule has 0 aromatic heterocycles. The van der Waals surface area contributed by atoms with Crippen LogP contribution in [0.5, 0.6) is 0 Å². The van der Waals surface area contributed by atoms with E-state index in [2.05, 4.69) is 4.72 Å². The molecule has 0 heterocycles. The van der Waals surface area contributed by atoms with Crippen LogP contribution in [0.4, 0.5) is 10.1 Å². The standard InChI is InChI=1S/C15H13FN2O2S/c1-11-5-4-8-14(16)15(11)18-21(19,20)10-13-7-3-2-6-12(13)9-17/h2-8,18H,10H2,1H3. The van der Waals surface area contributed by atoms with Crippen molar-refractivity contribution in [1.29, 1.82) is 5.26 Å². The molecule has 0 aliphatic rings. The first-order valence-corrected chi connectivity index (χ1v) is 7.82. The zero-order valence-corrected chi connectivity index (χ0v) is 12.1. The number of aryl methyl sites for hydroxylation is 1. The molecular weight excluding hydrogens is 291 g/mol. The SMILES string of the molecule is Cc1cccc(F)c1NS(=O)(=O)Cc1ccccc1C#N. The number of anilines is 1. The van der Waals surface area contributed by atoms with Gasteiger partial charge in [0, 0.05) is 0 Å². The maximum Gasteiger partial charge on any atom is 0.237 e. The Morgan fingerprint density at radius 2 is 1.90 bits per heavy atom. The summed E-state index contributed by atoms with van der Waals surface area (Å²) >= 11 is 0. The minimum Gasteiger partial charge on any atom is -0.280 e. The number of para-hydroxylation sites is 1. The Morgan fingerprint density at radius 3 is 2.57 bits per heavy atom. The second-order valence-corrected chi connectivity index (χ2v) is 6.28. The molecule has 0 spiro atoms. The van der Waals surface area contributed by atoms with Gasteiger partial charge in [0.05, 0.1) is 23.1 Å². The monoisotopic (exact) mass is 304 g/mol. The summed E-state index contributed by atoms with van der Waals surface area (Å²) in [5.74, 6) is -1.02. The van der Waals surface area contributed by atoms with Gasteiger partial charge in [0.15, 0.2) is 0 Å². The summed E-state index contributed by atoms with van der Waals surface area (Å²) < 4.78 is 40.2. The van der Waals surface area contributed by atoms with Gasteiger partial charge in [0.2, 0.25) is 10.0 Å². The minimum atomic E-state index is -3.81. The maximum atomic E-state index is 13.7. The summed E-state index contributed by atoms with van der Waals surface area (Å²) in [5.41, 5.74) is 1.09. The zero-order chi connectivity index (χ0) is 15.5. The van der Waals surface area contributed by atoms with Gasteiger partial charge in [-0.05, 0) is 30.2 Å². The van der Waals surface area contributed by atoms with Gasteiger partial charge in [-0.2, -0.15) is 5.26 Å². The van der Waals surface area contributed by atoms with Gasteiger partial charge in [0.1, 0.15) is 5.82 Å². The Bertz CT molecular complexity index is 790. The third kappa shape index (κ3) is 3.58. The van der Waals surface area contributed by atoms with Crippen LogP contribution in [0.25, 0.3) is 0 Å². The molecule has 2 rings (SSSR count). The van der Waals surface area contributed by atoms with Crippen LogP contribution in [-0.4, -0.2) is 8.42 Å². The first kappa shape index (κ1) is 15.0. The van der Waals surface area contributed by atoms with Crippen molar-refractivity contribution in [3.05, 3.63) is 65.0 Å². The number of benzene rings is 2. The van der Waals surface area contributed by atoms with E-state index in [-0.39, 0.29) is 17.0 Å². The quantitative estimate of drug-likeness (QED) is 0.944. The molecule has 0 bridgehead atoms. The molecule has 108 valence electrons. The summed E-state index contributed by atoms with van der Waals surface area (Å²) in [5, 5.41) is 8.97. The first-order chi connectivity index (χ1) is 9.93. The Kier molecular flexibility index (Phi) is 4.24. The van der Waals surface area contributed by atoms with E-state index in [1.165, 1.54) is 12.1 Å². The molecule has 6 heteroatoms. The molecule has 0 unspecified atom stereocenters. The smallest absolute Gasteiger partial charge is 0.237 e. The third-order valence-electron chi connectivity index (χ3n) is 2.96. The fourth-order valence-corrected chi connectivity index (χ4v) is 3.22. The average Bonchev–Trinajstić information content (AvgIpc) is 2.43. The summed E-state index contributed by atoms with van der Waals surface area (Å²) in [6, 6.07) is 12.7. The van der Waals surface area contributed by atoms with Gasteiger partial charge in [-0.3, -0.25) is 4.72 Å². The van der Waals surface area contributed by atoms with E-state index in [1.807, 2.05) is 6.07 Å². The lowest BCUT2D eigenvalue weighted by molar-refractivity contribution is 0.597. The van der Waals surface area contributed by atoms with Gasteiger partial charge in [0.25, 0.3) is 0 Å². The molecule has 2 aromatic carbocycles. The van der Waals surface area contributed by atoms with Crippen LogP contribution in [0.2, 0.25) is 0 Å². The predicted molar refractivity (Wildman–Crippen MR) is 78.5 cm³/mol. The fourth-order valence-electron chi connectivity index (χ4n) is 1.91. The highest BCUT2D eigenvalue weighted by Gasteiger charge is 2.17. The highest BCUT2D eigenvalue weighted by atomic mass is 32.2. The molecule has 0 fully saturated rings. The van der Waals surface area contributed by atoms with Gasteiger partial charge < -0.3 is 0 Å². The van der Waals surface area contributed by atoms with Crippen molar-refractivity contribution in [2.75, 3.05) is 4.72 Å². The first-order valence-electron chi connectivity index (χ1n) is 6.16. The summed E-state index contributed by atoms with van der Waals surface area (Å²) in [6.45, 7) is 1.62. The van der Waals surface area contributed by atoms with Crippen molar-refractivity contribution in [3.8, 4) is 6.07 Å². The molecule has 0 amide bonds. The lowest BCUT2D eigenvalue weighted by Crippen LogP contribution is -2.17. The second kappa shape index (κ2) is 5.94. The largest absolute Gasteiger partial charge is 0.280 e. The van der Waals surface area contributed by atoms with Gasteiger partial charge in [-0.25, -0.2) is 12.8 Å². The van der Waals surface area contributed by atoms with Crippen molar-refractivity contribution in [2.45, 2.75) is 12.7 Å². The zero-order valence-electron chi connectivity index (χ0n) is 11.3. The van der Waals surface area contributed by atoms with Crippen LogP contribution in [0, 0.1) is 24.1 Å². The Morgan fingerprint density at radius 1 is 1.19 bits per heavy atom. The molecule has 0 saturated heterocycles. The van der Waals surface area contributed by atoms with Gasteiger partial charge in [-0.1, -0.05) is 30.3 Å². The van der Waals surface area contributed by atoms with E-state index in [0.29, 0.717) is 11.1 Å². The molecule has 0 radical (unpaired) electrons. The summed E-state index contributed by atoms with van der Waals surface area (Å²) in [4.78, 5) is 0.